The number of likely N-dealkylation sites (tertiary alicyclic amines) is 2. The largest absolute Gasteiger partial charge is 0.508 e. The predicted molar refractivity (Wildman–Crippen MR) is 204 cm³/mol. The highest BCUT2D eigenvalue weighted by Gasteiger charge is 2.42. The van der Waals surface area contributed by atoms with Crippen LogP contribution in [0.1, 0.15) is 81.6 Å². The summed E-state index contributed by atoms with van der Waals surface area (Å²) in [6, 6.07) is 10.6. The van der Waals surface area contributed by atoms with Crippen LogP contribution in [0.2, 0.25) is 0 Å². The van der Waals surface area contributed by atoms with Crippen molar-refractivity contribution in [3.63, 3.8) is 0 Å². The maximum atomic E-state index is 13.3. The van der Waals surface area contributed by atoms with E-state index in [1.165, 1.54) is 0 Å². The number of hydrogen-bond acceptors (Lipinski definition) is 9. The first-order chi connectivity index (χ1) is 26.8. The van der Waals surface area contributed by atoms with Crippen LogP contribution in [-0.2, 0) is 26.0 Å². The van der Waals surface area contributed by atoms with Gasteiger partial charge in [0.1, 0.15) is 22.1 Å². The second kappa shape index (κ2) is 22.3. The Labute approximate surface area is 332 Å². The molecule has 1 aromatic heterocycles. The van der Waals surface area contributed by atoms with Crippen molar-refractivity contribution in [2.24, 2.45) is 11.8 Å². The molecule has 0 radical (unpaired) electrons. The van der Waals surface area contributed by atoms with Gasteiger partial charge in [0.15, 0.2) is 6.29 Å². The minimum atomic E-state index is -4.67. The summed E-state index contributed by atoms with van der Waals surface area (Å²) in [6.07, 6.45) is 1.64. The number of para-hydroxylation sites is 1. The summed E-state index contributed by atoms with van der Waals surface area (Å²) >= 11 is 0.481. The summed E-state index contributed by atoms with van der Waals surface area (Å²) in [4.78, 5) is 36.9. The highest BCUT2D eigenvalue weighted by atomic mass is 32.1. The number of phenols is 1. The minimum absolute atomic E-state index is 0.0185. The van der Waals surface area contributed by atoms with Crippen LogP contribution >= 0.6 is 11.3 Å². The van der Waals surface area contributed by atoms with Crippen LogP contribution in [0.15, 0.2) is 60.0 Å². The van der Waals surface area contributed by atoms with Crippen LogP contribution in [0.3, 0.4) is 0 Å². The average Bonchev–Trinajstić information content (AvgIpc) is 3.88. The summed E-state index contributed by atoms with van der Waals surface area (Å²) in [5.41, 5.74) is -2.38. The first-order valence-corrected chi connectivity index (χ1v) is 19.3. The average molecular weight is 829 g/mol. The van der Waals surface area contributed by atoms with Crippen LogP contribution in [0.5, 0.6) is 11.5 Å². The van der Waals surface area contributed by atoms with Gasteiger partial charge in [-0.05, 0) is 70.7 Å². The molecule has 2 atom stereocenters. The quantitative estimate of drug-likeness (QED) is 0.0887. The van der Waals surface area contributed by atoms with Crippen LogP contribution in [0, 0.1) is 28.6 Å². The Hall–Kier alpha value is -4.69. The summed E-state index contributed by atoms with van der Waals surface area (Å²) < 4.78 is 70.9. The molecular formula is C40H50F6N4O6S. The molecule has 1 aliphatic carbocycles. The third-order valence-electron chi connectivity index (χ3n) is 10.1. The van der Waals surface area contributed by atoms with Gasteiger partial charge in [-0.2, -0.15) is 31.6 Å². The van der Waals surface area contributed by atoms with Gasteiger partial charge < -0.3 is 25.1 Å². The van der Waals surface area contributed by atoms with Gasteiger partial charge in [0.25, 0.3) is 0 Å². The number of rotatable bonds is 8. The van der Waals surface area contributed by atoms with Gasteiger partial charge in [-0.25, -0.2) is 0 Å². The monoisotopic (exact) mass is 828 g/mol. The lowest BCUT2D eigenvalue weighted by molar-refractivity contribution is -0.142. The smallest absolute Gasteiger partial charge is 0.425 e. The second-order valence-electron chi connectivity index (χ2n) is 14.0. The number of alkyl halides is 6. The maximum Gasteiger partial charge on any atom is 0.425 e. The number of hydrogen-bond donors (Lipinski definition) is 4. The van der Waals surface area contributed by atoms with E-state index in [-0.39, 0.29) is 35.5 Å². The fourth-order valence-corrected chi connectivity index (χ4v) is 7.70. The first kappa shape index (κ1) is 48.5. The van der Waals surface area contributed by atoms with Gasteiger partial charge in [0.2, 0.25) is 5.91 Å². The number of carbonyl (C=O) groups excluding carboxylic acids is 2. The molecule has 1 amide bonds. The number of thiophene rings is 1. The van der Waals surface area contributed by atoms with Crippen molar-refractivity contribution in [2.75, 3.05) is 26.7 Å². The van der Waals surface area contributed by atoms with E-state index >= 15 is 0 Å². The SMILES string of the molecule is C=C/C=C(\C(=N)C=O)C(F)(F)F.CCCC1C(C(=O)N2CCC(C#N)(c3ccccc3O)CC2)CCCN1C.O=C(O)C1CCCC1.Oc1csc(C(F)(F)F)c1. The molecule has 1 aromatic carbocycles. The van der Waals surface area contributed by atoms with Gasteiger partial charge in [-0.1, -0.05) is 57.0 Å². The van der Waals surface area contributed by atoms with E-state index in [2.05, 4.69) is 31.5 Å². The molecule has 2 unspecified atom stereocenters. The van der Waals surface area contributed by atoms with Gasteiger partial charge in [-0.3, -0.25) is 19.8 Å². The normalized spacial score (nSPS) is 19.9. The zero-order valence-electron chi connectivity index (χ0n) is 31.9. The number of benzene rings is 1. The number of aliphatic carboxylic acids is 1. The van der Waals surface area contributed by atoms with E-state index in [4.69, 9.17) is 15.6 Å². The number of aromatic hydroxyl groups is 2. The molecule has 0 bridgehead atoms. The summed E-state index contributed by atoms with van der Waals surface area (Å²) in [5, 5.41) is 44.7. The zero-order valence-corrected chi connectivity index (χ0v) is 32.7. The summed E-state index contributed by atoms with van der Waals surface area (Å²) in [5.74, 6) is -0.460. The number of carboxylic acids is 1. The molecule has 3 aliphatic rings. The first-order valence-electron chi connectivity index (χ1n) is 18.5. The summed E-state index contributed by atoms with van der Waals surface area (Å²) in [6.45, 7) is 7.46. The number of halogens is 6. The van der Waals surface area contributed by atoms with Crippen molar-refractivity contribution in [1.82, 2.24) is 9.80 Å². The van der Waals surface area contributed by atoms with Crippen molar-refractivity contribution in [3.8, 4) is 17.6 Å². The summed E-state index contributed by atoms with van der Waals surface area (Å²) in [7, 11) is 2.13. The lowest BCUT2D eigenvalue weighted by atomic mass is 9.73. The van der Waals surface area contributed by atoms with E-state index < -0.39 is 39.9 Å². The topological polar surface area (TPSA) is 166 Å². The number of nitrogens with zero attached hydrogens (tertiary/aromatic N) is 3. The molecule has 3 heterocycles. The maximum absolute atomic E-state index is 13.3. The minimum Gasteiger partial charge on any atom is -0.508 e. The molecule has 314 valence electrons. The highest BCUT2D eigenvalue weighted by molar-refractivity contribution is 7.10. The number of carboxylic acid groups (broad SMARTS) is 1. The third-order valence-corrected chi connectivity index (χ3v) is 11.1. The Bertz CT molecular complexity index is 1720. The van der Waals surface area contributed by atoms with Crippen LogP contribution in [0.4, 0.5) is 26.3 Å². The number of amides is 1. The van der Waals surface area contributed by atoms with Gasteiger partial charge >= 0.3 is 18.3 Å². The van der Waals surface area contributed by atoms with E-state index in [9.17, 15) is 51.1 Å². The van der Waals surface area contributed by atoms with Crippen molar-refractivity contribution in [3.05, 3.63) is 70.5 Å². The number of carbonyl (C=O) groups is 3. The Balaban J connectivity index is 0.000000307. The van der Waals surface area contributed by atoms with Crippen LogP contribution in [-0.4, -0.2) is 87.9 Å². The van der Waals surface area contributed by atoms with E-state index in [1.54, 1.807) is 12.1 Å². The molecule has 4 N–H and O–H groups in total. The van der Waals surface area contributed by atoms with Crippen molar-refractivity contribution in [1.29, 1.82) is 10.7 Å². The fraction of sp³-hybridized carbons (Fsp3) is 0.525. The molecule has 2 aliphatic heterocycles. The lowest BCUT2D eigenvalue weighted by Gasteiger charge is -2.43. The molecule has 10 nitrogen and oxygen atoms in total. The van der Waals surface area contributed by atoms with Gasteiger partial charge in [0, 0.05) is 36.1 Å². The Kier molecular flexibility index (Phi) is 19.0. The molecule has 2 saturated heterocycles. The Morgan fingerprint density at radius 1 is 1.05 bits per heavy atom. The predicted octanol–water partition coefficient (Wildman–Crippen LogP) is 8.90. The number of aldehydes is 1. The van der Waals surface area contributed by atoms with E-state index in [1.807, 2.05) is 17.0 Å². The second-order valence-corrected chi connectivity index (χ2v) is 14.9. The Morgan fingerprint density at radius 2 is 1.67 bits per heavy atom. The number of allylic oxidation sites excluding steroid dienone is 3. The zero-order chi connectivity index (χ0) is 43.0. The third kappa shape index (κ3) is 14.3. The van der Waals surface area contributed by atoms with Crippen molar-refractivity contribution < 1.29 is 56.0 Å². The van der Waals surface area contributed by atoms with Crippen LogP contribution in [0.25, 0.3) is 0 Å². The van der Waals surface area contributed by atoms with Crippen molar-refractivity contribution in [2.45, 2.75) is 94.9 Å². The molecule has 3 fully saturated rings. The van der Waals surface area contributed by atoms with E-state index in [0.717, 1.165) is 69.4 Å². The molecule has 5 rings (SSSR count). The number of piperidine rings is 2. The van der Waals surface area contributed by atoms with Crippen LogP contribution < -0.4 is 0 Å². The number of nitrogens with one attached hydrogen (secondary N) is 1. The molecular weight excluding hydrogens is 779 g/mol. The molecule has 1 saturated carbocycles. The molecule has 2 aromatic rings. The van der Waals surface area contributed by atoms with Crippen molar-refractivity contribution >= 4 is 35.2 Å². The highest BCUT2D eigenvalue weighted by Crippen LogP contribution is 2.40. The number of nitriles is 1. The van der Waals surface area contributed by atoms with Gasteiger partial charge in [-0.15, -0.1) is 11.3 Å². The number of phenolic OH excluding ortho intramolecular Hbond substituents is 1. The lowest BCUT2D eigenvalue weighted by Crippen LogP contribution is -2.53. The fourth-order valence-electron chi connectivity index (χ4n) is 7.06. The standard InChI is InChI=1S/C22H31N3O2.C7H6F3NO.C6H10O2.C5H3F3OS/c1-3-7-19-17(8-6-13-24(19)2)21(27)25-14-11-22(16-23,12-15-25)18-9-4-5-10-20(18)26;1-2-3-5(6(11)4-12)7(8,9)10;7-6(8)5-3-1-2-4-5;6-5(7,8)4-1-3(9)2-10-4/h4-5,9-10,17,19,26H,3,6-8,11-15H2,1-2H3;2-4,11H,1H2;5H,1-4H2,(H,7,8);1-2,9H/b;5-3+,11-6?;;. The molecule has 17 heteroatoms. The molecule has 57 heavy (non-hydrogen) atoms. The molecule has 0 spiro atoms. The Morgan fingerprint density at radius 3 is 2.09 bits per heavy atom. The van der Waals surface area contributed by atoms with E-state index in [0.29, 0.717) is 61.0 Å². The van der Waals surface area contributed by atoms with Gasteiger partial charge in [0.05, 0.1) is 28.9 Å².